The van der Waals surface area contributed by atoms with Crippen molar-refractivity contribution in [3.63, 3.8) is 0 Å². The molecule has 1 amide bonds. The Morgan fingerprint density at radius 1 is 1.17 bits per heavy atom. The first-order valence-corrected chi connectivity index (χ1v) is 8.17. The topological polar surface area (TPSA) is 55.4 Å². The van der Waals surface area contributed by atoms with Crippen LogP contribution >= 0.6 is 11.3 Å². The number of hydrogen-bond acceptors (Lipinski definition) is 4. The zero-order valence-electron chi connectivity index (χ0n) is 13.1. The maximum absolute atomic E-state index is 11.7. The van der Waals surface area contributed by atoms with Crippen molar-refractivity contribution in [1.29, 1.82) is 0 Å². The van der Waals surface area contributed by atoms with Crippen LogP contribution in [0.25, 0.3) is 16.5 Å². The van der Waals surface area contributed by atoms with Crippen molar-refractivity contribution in [3.8, 4) is 10.4 Å². The van der Waals surface area contributed by atoms with Crippen LogP contribution in [-0.2, 0) is 14.3 Å². The SMILES string of the molecule is CC(C)OC(=O)CNC(=O)/C=C/c1ccc(-c2ccccc2)s1. The van der Waals surface area contributed by atoms with Crippen molar-refractivity contribution in [1.82, 2.24) is 5.32 Å². The Hall–Kier alpha value is -2.40. The van der Waals surface area contributed by atoms with E-state index in [2.05, 4.69) is 5.32 Å². The van der Waals surface area contributed by atoms with Crippen molar-refractivity contribution >= 4 is 29.3 Å². The number of esters is 1. The fourth-order valence-corrected chi connectivity index (χ4v) is 2.80. The Kier molecular flexibility index (Phi) is 6.11. The molecule has 120 valence electrons. The molecule has 0 saturated heterocycles. The third kappa shape index (κ3) is 5.71. The molecule has 1 aromatic heterocycles. The fraction of sp³-hybridized carbons (Fsp3) is 0.222. The Balaban J connectivity index is 1.87. The maximum atomic E-state index is 11.7. The highest BCUT2D eigenvalue weighted by Gasteiger charge is 2.06. The van der Waals surface area contributed by atoms with Gasteiger partial charge in [-0.2, -0.15) is 0 Å². The van der Waals surface area contributed by atoms with Gasteiger partial charge in [0.05, 0.1) is 6.10 Å². The van der Waals surface area contributed by atoms with E-state index in [1.807, 2.05) is 42.5 Å². The van der Waals surface area contributed by atoms with Crippen molar-refractivity contribution in [2.75, 3.05) is 6.54 Å². The van der Waals surface area contributed by atoms with Gasteiger partial charge in [-0.05, 0) is 37.6 Å². The molecule has 2 aromatic rings. The van der Waals surface area contributed by atoms with Crippen LogP contribution in [0.4, 0.5) is 0 Å². The normalized spacial score (nSPS) is 10.9. The first-order chi connectivity index (χ1) is 11.0. The van der Waals surface area contributed by atoms with Gasteiger partial charge in [0, 0.05) is 15.8 Å². The molecule has 4 nitrogen and oxygen atoms in total. The van der Waals surface area contributed by atoms with Gasteiger partial charge in [-0.3, -0.25) is 9.59 Å². The number of nitrogens with one attached hydrogen (secondary N) is 1. The predicted molar refractivity (Wildman–Crippen MR) is 93.0 cm³/mol. The number of thiophene rings is 1. The molecule has 0 aliphatic rings. The molecule has 0 unspecified atom stereocenters. The lowest BCUT2D eigenvalue weighted by molar-refractivity contribution is -0.147. The number of carbonyl (C=O) groups is 2. The smallest absolute Gasteiger partial charge is 0.325 e. The molecule has 1 heterocycles. The first kappa shape index (κ1) is 17.0. The monoisotopic (exact) mass is 329 g/mol. The number of hydrogen-bond donors (Lipinski definition) is 1. The molecule has 1 aromatic carbocycles. The van der Waals surface area contributed by atoms with E-state index in [1.54, 1.807) is 31.3 Å². The zero-order chi connectivity index (χ0) is 16.7. The molecule has 2 rings (SSSR count). The molecular formula is C18H19NO3S. The molecule has 0 saturated carbocycles. The summed E-state index contributed by atoms with van der Waals surface area (Å²) in [5, 5.41) is 2.50. The van der Waals surface area contributed by atoms with Gasteiger partial charge in [-0.25, -0.2) is 0 Å². The summed E-state index contributed by atoms with van der Waals surface area (Å²) >= 11 is 1.60. The standard InChI is InChI=1S/C18H19NO3S/c1-13(2)22-18(21)12-19-17(20)11-9-15-8-10-16(23-15)14-6-4-3-5-7-14/h3-11,13H,12H2,1-2H3,(H,19,20)/b11-9+. The summed E-state index contributed by atoms with van der Waals surface area (Å²) in [5.74, 6) is -0.760. The summed E-state index contributed by atoms with van der Waals surface area (Å²) in [6.07, 6.45) is 2.97. The van der Waals surface area contributed by atoms with E-state index in [0.717, 1.165) is 15.3 Å². The molecule has 0 aliphatic carbocycles. The van der Waals surface area contributed by atoms with E-state index < -0.39 is 5.97 Å². The number of amides is 1. The van der Waals surface area contributed by atoms with E-state index in [-0.39, 0.29) is 18.6 Å². The van der Waals surface area contributed by atoms with Gasteiger partial charge >= 0.3 is 5.97 Å². The molecule has 23 heavy (non-hydrogen) atoms. The number of benzene rings is 1. The Morgan fingerprint density at radius 2 is 1.91 bits per heavy atom. The second kappa shape index (κ2) is 8.29. The van der Waals surface area contributed by atoms with Gasteiger partial charge in [0.25, 0.3) is 0 Å². The third-order valence-corrected chi connectivity index (χ3v) is 3.96. The van der Waals surface area contributed by atoms with Gasteiger partial charge in [-0.15, -0.1) is 11.3 Å². The molecule has 0 atom stereocenters. The number of rotatable bonds is 6. The Labute approximate surface area is 139 Å². The second-order valence-electron chi connectivity index (χ2n) is 5.16. The molecule has 0 spiro atoms. The summed E-state index contributed by atoms with van der Waals surface area (Å²) < 4.78 is 4.94. The highest BCUT2D eigenvalue weighted by molar-refractivity contribution is 7.16. The van der Waals surface area contributed by atoms with Gasteiger partial charge in [0.1, 0.15) is 6.54 Å². The van der Waals surface area contributed by atoms with Crippen LogP contribution < -0.4 is 5.32 Å². The Bertz CT molecular complexity index is 689. The van der Waals surface area contributed by atoms with E-state index in [9.17, 15) is 9.59 Å². The van der Waals surface area contributed by atoms with E-state index in [1.165, 1.54) is 6.08 Å². The summed E-state index contributed by atoms with van der Waals surface area (Å²) in [5.41, 5.74) is 1.15. The quantitative estimate of drug-likeness (QED) is 0.652. The van der Waals surface area contributed by atoms with Crippen LogP contribution in [0.15, 0.2) is 48.5 Å². The average molecular weight is 329 g/mol. The highest BCUT2D eigenvalue weighted by Crippen LogP contribution is 2.28. The average Bonchev–Trinajstić information content (AvgIpc) is 3.00. The Morgan fingerprint density at radius 3 is 2.61 bits per heavy atom. The van der Waals surface area contributed by atoms with Crippen molar-refractivity contribution in [2.45, 2.75) is 20.0 Å². The first-order valence-electron chi connectivity index (χ1n) is 7.35. The molecule has 0 bridgehead atoms. The highest BCUT2D eigenvalue weighted by atomic mass is 32.1. The third-order valence-electron chi connectivity index (χ3n) is 2.86. The summed E-state index contributed by atoms with van der Waals surface area (Å²) in [4.78, 5) is 25.1. The van der Waals surface area contributed by atoms with Crippen LogP contribution in [0.2, 0.25) is 0 Å². The van der Waals surface area contributed by atoms with E-state index in [0.29, 0.717) is 0 Å². The lowest BCUT2D eigenvalue weighted by Gasteiger charge is -2.07. The largest absolute Gasteiger partial charge is 0.462 e. The molecule has 5 heteroatoms. The predicted octanol–water partition coefficient (Wildman–Crippen LogP) is 3.50. The summed E-state index contributed by atoms with van der Waals surface area (Å²) in [6, 6.07) is 14.1. The molecule has 0 aliphatic heterocycles. The van der Waals surface area contributed by atoms with Crippen LogP contribution in [0.5, 0.6) is 0 Å². The zero-order valence-corrected chi connectivity index (χ0v) is 13.9. The van der Waals surface area contributed by atoms with Gasteiger partial charge in [-0.1, -0.05) is 30.3 Å². The van der Waals surface area contributed by atoms with E-state index >= 15 is 0 Å². The van der Waals surface area contributed by atoms with E-state index in [4.69, 9.17) is 4.74 Å². The van der Waals surface area contributed by atoms with Crippen molar-refractivity contribution in [3.05, 3.63) is 53.4 Å². The molecular weight excluding hydrogens is 310 g/mol. The van der Waals surface area contributed by atoms with Crippen LogP contribution in [0.3, 0.4) is 0 Å². The lowest BCUT2D eigenvalue weighted by Crippen LogP contribution is -2.30. The van der Waals surface area contributed by atoms with Gasteiger partial charge in [0.2, 0.25) is 5.91 Å². The summed E-state index contributed by atoms with van der Waals surface area (Å²) in [6.45, 7) is 3.41. The number of carbonyl (C=O) groups excluding carboxylic acids is 2. The summed E-state index contributed by atoms with van der Waals surface area (Å²) in [7, 11) is 0. The van der Waals surface area contributed by atoms with Crippen molar-refractivity contribution in [2.24, 2.45) is 0 Å². The fourth-order valence-electron chi connectivity index (χ4n) is 1.88. The van der Waals surface area contributed by atoms with Crippen LogP contribution in [0.1, 0.15) is 18.7 Å². The minimum atomic E-state index is -0.441. The lowest BCUT2D eigenvalue weighted by atomic mass is 10.2. The minimum absolute atomic E-state index is 0.124. The number of ether oxygens (including phenoxy) is 1. The molecule has 0 fully saturated rings. The molecule has 1 N–H and O–H groups in total. The molecule has 0 radical (unpaired) electrons. The van der Waals surface area contributed by atoms with Gasteiger partial charge in [0.15, 0.2) is 0 Å². The van der Waals surface area contributed by atoms with Crippen molar-refractivity contribution < 1.29 is 14.3 Å². The van der Waals surface area contributed by atoms with Gasteiger partial charge < -0.3 is 10.1 Å². The second-order valence-corrected chi connectivity index (χ2v) is 6.27. The minimum Gasteiger partial charge on any atom is -0.462 e. The van der Waals surface area contributed by atoms with Crippen LogP contribution in [-0.4, -0.2) is 24.5 Å². The van der Waals surface area contributed by atoms with Crippen LogP contribution in [0, 0.1) is 0 Å². The maximum Gasteiger partial charge on any atom is 0.325 e.